The maximum absolute atomic E-state index is 13.3. The molecule has 0 aliphatic rings. The summed E-state index contributed by atoms with van der Waals surface area (Å²) in [6.45, 7) is 6.39. The van der Waals surface area contributed by atoms with E-state index in [1.807, 2.05) is 0 Å². The number of carbonyl (C=O) groups is 2. The van der Waals surface area contributed by atoms with Gasteiger partial charge in [0.15, 0.2) is 0 Å². The molecule has 0 aliphatic heterocycles. The molecule has 0 bridgehead atoms. The third-order valence-corrected chi connectivity index (χ3v) is 13.3. The molecule has 3 unspecified atom stereocenters. The van der Waals surface area contributed by atoms with Gasteiger partial charge in [-0.05, 0) is 44.9 Å². The van der Waals surface area contributed by atoms with E-state index in [-0.39, 0.29) is 24.9 Å². The number of hydrogen-bond acceptors (Lipinski definition) is 5. The van der Waals surface area contributed by atoms with Crippen LogP contribution in [-0.2, 0) is 14.3 Å². The maximum Gasteiger partial charge on any atom is 0.306 e. The van der Waals surface area contributed by atoms with Crippen molar-refractivity contribution in [1.82, 2.24) is 5.32 Å². The largest absolute Gasteiger partial charge is 0.462 e. The summed E-state index contributed by atoms with van der Waals surface area (Å²) in [4.78, 5) is 26.2. The number of allylic oxidation sites excluding steroid dienone is 6. The van der Waals surface area contributed by atoms with E-state index < -0.39 is 18.2 Å². The highest BCUT2D eigenvalue weighted by molar-refractivity contribution is 5.77. The topological polar surface area (TPSA) is 95.9 Å². The SMILES string of the molecule is CC/C=C/C=C/C=C\CCCCCCCC(=O)OC(CCCCCCCCCCCCCCCCCCC)CC(=O)NC(CO)C(O)CCCCCCCCCCCCCCCCCC. The van der Waals surface area contributed by atoms with Gasteiger partial charge in [0, 0.05) is 6.42 Å². The number of aliphatic hydroxyl groups is 2. The first-order valence-corrected chi connectivity index (χ1v) is 28.7. The lowest BCUT2D eigenvalue weighted by Crippen LogP contribution is -2.46. The van der Waals surface area contributed by atoms with Crippen LogP contribution in [-0.4, -0.2) is 46.9 Å². The Morgan fingerprint density at radius 1 is 0.462 bits per heavy atom. The third-order valence-electron chi connectivity index (χ3n) is 13.3. The first kappa shape index (κ1) is 63.1. The van der Waals surface area contributed by atoms with Crippen LogP contribution < -0.4 is 5.32 Å². The molecule has 6 nitrogen and oxygen atoms in total. The van der Waals surface area contributed by atoms with E-state index >= 15 is 0 Å². The van der Waals surface area contributed by atoms with Crippen LogP contribution in [0.3, 0.4) is 0 Å². The Balaban J connectivity index is 4.52. The van der Waals surface area contributed by atoms with Crippen LogP contribution in [0, 0.1) is 0 Å². The van der Waals surface area contributed by atoms with Crippen LogP contribution in [0.15, 0.2) is 36.5 Å². The molecular formula is C59H111NO5. The highest BCUT2D eigenvalue weighted by atomic mass is 16.5. The van der Waals surface area contributed by atoms with Crippen molar-refractivity contribution in [2.75, 3.05) is 6.61 Å². The number of hydrogen-bond donors (Lipinski definition) is 3. The maximum atomic E-state index is 13.3. The van der Waals surface area contributed by atoms with Crippen LogP contribution in [0.4, 0.5) is 0 Å². The van der Waals surface area contributed by atoms with E-state index in [1.165, 1.54) is 186 Å². The molecule has 0 heterocycles. The Morgan fingerprint density at radius 2 is 0.831 bits per heavy atom. The summed E-state index contributed by atoms with van der Waals surface area (Å²) in [7, 11) is 0. The molecule has 0 aromatic heterocycles. The molecule has 0 aromatic rings. The number of esters is 1. The summed E-state index contributed by atoms with van der Waals surface area (Å²) in [5.41, 5.74) is 0. The molecule has 0 aliphatic carbocycles. The molecule has 0 spiro atoms. The summed E-state index contributed by atoms with van der Waals surface area (Å²) < 4.78 is 5.95. The van der Waals surface area contributed by atoms with Crippen molar-refractivity contribution in [2.24, 2.45) is 0 Å². The van der Waals surface area contributed by atoms with Gasteiger partial charge in [-0.15, -0.1) is 0 Å². The monoisotopic (exact) mass is 914 g/mol. The van der Waals surface area contributed by atoms with Gasteiger partial charge in [-0.25, -0.2) is 0 Å². The number of nitrogens with one attached hydrogen (secondary N) is 1. The Hall–Kier alpha value is -1.92. The quantitative estimate of drug-likeness (QED) is 0.0321. The number of ether oxygens (including phenoxy) is 1. The first-order valence-electron chi connectivity index (χ1n) is 28.7. The molecule has 65 heavy (non-hydrogen) atoms. The molecule has 3 N–H and O–H groups in total. The smallest absolute Gasteiger partial charge is 0.306 e. The van der Waals surface area contributed by atoms with E-state index in [0.717, 1.165) is 70.6 Å². The van der Waals surface area contributed by atoms with Gasteiger partial charge < -0.3 is 20.3 Å². The van der Waals surface area contributed by atoms with Crippen molar-refractivity contribution in [1.29, 1.82) is 0 Å². The molecule has 6 heteroatoms. The summed E-state index contributed by atoms with van der Waals surface area (Å²) >= 11 is 0. The summed E-state index contributed by atoms with van der Waals surface area (Å²) in [6.07, 6.45) is 63.5. The molecule has 0 rings (SSSR count). The Morgan fingerprint density at radius 3 is 1.25 bits per heavy atom. The standard InChI is InChI=1S/C59H111NO5/c1-4-7-10-13-16-19-22-25-27-29-30-33-35-38-41-44-47-50-55(65-59(64)52-49-46-43-40-37-32-24-21-18-15-12-9-6-3)53-58(63)60-56(54-61)57(62)51-48-45-42-39-36-34-31-28-26-23-20-17-14-11-8-5-2/h9,12,15,18,21,24,55-57,61-62H,4-8,10-11,13-14,16-17,19-20,22-23,25-54H2,1-3H3,(H,60,63)/b12-9+,18-15+,24-21-. The number of aliphatic hydroxyl groups excluding tert-OH is 2. The Bertz CT molecular complexity index is 1070. The molecule has 0 fully saturated rings. The second kappa shape index (κ2) is 53.0. The zero-order chi connectivity index (χ0) is 47.4. The van der Waals surface area contributed by atoms with Gasteiger partial charge in [0.05, 0.1) is 25.2 Å². The van der Waals surface area contributed by atoms with Gasteiger partial charge in [0.25, 0.3) is 0 Å². The number of carbonyl (C=O) groups excluding carboxylic acids is 2. The zero-order valence-electron chi connectivity index (χ0n) is 43.6. The lowest BCUT2D eigenvalue weighted by Gasteiger charge is -2.24. The molecule has 382 valence electrons. The van der Waals surface area contributed by atoms with Crippen molar-refractivity contribution in [3.8, 4) is 0 Å². The first-order chi connectivity index (χ1) is 32.0. The summed E-state index contributed by atoms with van der Waals surface area (Å²) in [5, 5.41) is 23.9. The fraction of sp³-hybridized carbons (Fsp3) is 0.864. The molecule has 0 saturated carbocycles. The normalized spacial score (nSPS) is 13.4. The lowest BCUT2D eigenvalue weighted by atomic mass is 10.0. The number of amides is 1. The van der Waals surface area contributed by atoms with Gasteiger partial charge in [0.1, 0.15) is 6.10 Å². The van der Waals surface area contributed by atoms with Crippen LogP contribution in [0.1, 0.15) is 303 Å². The van der Waals surface area contributed by atoms with Gasteiger partial charge in [-0.3, -0.25) is 9.59 Å². The molecular weight excluding hydrogens is 803 g/mol. The summed E-state index contributed by atoms with van der Waals surface area (Å²) in [6, 6.07) is -0.703. The van der Waals surface area contributed by atoms with Crippen molar-refractivity contribution in [3.05, 3.63) is 36.5 Å². The number of unbranched alkanes of at least 4 members (excludes halogenated alkanes) is 36. The highest BCUT2D eigenvalue weighted by Crippen LogP contribution is 2.19. The minimum absolute atomic E-state index is 0.0739. The van der Waals surface area contributed by atoms with Gasteiger partial charge in [-0.1, -0.05) is 282 Å². The average Bonchev–Trinajstić information content (AvgIpc) is 3.30. The van der Waals surface area contributed by atoms with Crippen LogP contribution in [0.25, 0.3) is 0 Å². The second-order valence-corrected chi connectivity index (χ2v) is 19.7. The zero-order valence-corrected chi connectivity index (χ0v) is 43.6. The van der Waals surface area contributed by atoms with Gasteiger partial charge >= 0.3 is 5.97 Å². The van der Waals surface area contributed by atoms with Crippen LogP contribution in [0.2, 0.25) is 0 Å². The van der Waals surface area contributed by atoms with Crippen LogP contribution >= 0.6 is 0 Å². The van der Waals surface area contributed by atoms with E-state index in [0.29, 0.717) is 19.3 Å². The van der Waals surface area contributed by atoms with Crippen molar-refractivity contribution in [2.45, 2.75) is 322 Å². The lowest BCUT2D eigenvalue weighted by molar-refractivity contribution is -0.151. The highest BCUT2D eigenvalue weighted by Gasteiger charge is 2.24. The van der Waals surface area contributed by atoms with E-state index in [9.17, 15) is 19.8 Å². The Kier molecular flexibility index (Phi) is 51.5. The average molecular weight is 915 g/mol. The molecule has 0 aromatic carbocycles. The number of rotatable bonds is 52. The van der Waals surface area contributed by atoms with Gasteiger partial charge in [-0.2, -0.15) is 0 Å². The second-order valence-electron chi connectivity index (χ2n) is 19.7. The minimum Gasteiger partial charge on any atom is -0.462 e. The fourth-order valence-electron chi connectivity index (χ4n) is 8.96. The van der Waals surface area contributed by atoms with E-state index in [2.05, 4.69) is 62.5 Å². The molecule has 0 radical (unpaired) electrons. The predicted molar refractivity (Wildman–Crippen MR) is 282 cm³/mol. The molecule has 1 amide bonds. The van der Waals surface area contributed by atoms with E-state index in [1.54, 1.807) is 0 Å². The van der Waals surface area contributed by atoms with Crippen LogP contribution in [0.5, 0.6) is 0 Å². The van der Waals surface area contributed by atoms with E-state index in [4.69, 9.17) is 4.74 Å². The van der Waals surface area contributed by atoms with Crippen molar-refractivity contribution >= 4 is 11.9 Å². The minimum atomic E-state index is -0.789. The summed E-state index contributed by atoms with van der Waals surface area (Å²) in [5.74, 6) is -0.481. The molecule has 0 saturated heterocycles. The Labute approximate surface area is 404 Å². The predicted octanol–water partition coefficient (Wildman–Crippen LogP) is 17.6. The van der Waals surface area contributed by atoms with Crippen molar-refractivity contribution in [3.63, 3.8) is 0 Å². The third kappa shape index (κ3) is 48.3. The molecule has 3 atom stereocenters. The fourth-order valence-corrected chi connectivity index (χ4v) is 8.96. The van der Waals surface area contributed by atoms with Gasteiger partial charge in [0.2, 0.25) is 5.91 Å². The van der Waals surface area contributed by atoms with Crippen molar-refractivity contribution < 1.29 is 24.5 Å².